The SMILES string of the molecule is O=C1Nc2cc(S(=O)(=O)Nc3ccc(Cl)cc3)ccc2S[C@@H]1C(=O)N1CCCCCC1. The number of fused-ring (bicyclic) bond motifs is 1. The molecular weight excluding hydrogens is 458 g/mol. The molecule has 0 aromatic heterocycles. The smallest absolute Gasteiger partial charge is 0.261 e. The van der Waals surface area contributed by atoms with Gasteiger partial charge in [-0.1, -0.05) is 24.4 Å². The van der Waals surface area contributed by atoms with E-state index in [0.717, 1.165) is 25.7 Å². The number of benzene rings is 2. The number of rotatable bonds is 4. The number of carbonyl (C=O) groups is 2. The van der Waals surface area contributed by atoms with E-state index in [9.17, 15) is 18.0 Å². The van der Waals surface area contributed by atoms with Gasteiger partial charge in [0.1, 0.15) is 0 Å². The van der Waals surface area contributed by atoms with E-state index in [2.05, 4.69) is 10.0 Å². The Morgan fingerprint density at radius 3 is 2.42 bits per heavy atom. The number of halogens is 1. The molecule has 7 nitrogen and oxygen atoms in total. The topological polar surface area (TPSA) is 95.6 Å². The van der Waals surface area contributed by atoms with E-state index in [1.54, 1.807) is 35.2 Å². The maximum atomic E-state index is 12.9. The zero-order chi connectivity index (χ0) is 22.0. The summed E-state index contributed by atoms with van der Waals surface area (Å²) in [6.45, 7) is 1.34. The van der Waals surface area contributed by atoms with Crippen molar-refractivity contribution in [2.24, 2.45) is 0 Å². The molecule has 2 heterocycles. The lowest BCUT2D eigenvalue weighted by Crippen LogP contribution is -2.45. The molecule has 2 aliphatic heterocycles. The minimum Gasteiger partial charge on any atom is -0.341 e. The molecular formula is C21H22ClN3O4S2. The summed E-state index contributed by atoms with van der Waals surface area (Å²) >= 11 is 7.00. The maximum absolute atomic E-state index is 12.9. The van der Waals surface area contributed by atoms with Crippen LogP contribution in [0.3, 0.4) is 0 Å². The summed E-state index contributed by atoms with van der Waals surface area (Å²) < 4.78 is 28.0. The molecule has 0 saturated carbocycles. The van der Waals surface area contributed by atoms with E-state index in [1.807, 2.05) is 0 Å². The molecule has 2 aliphatic rings. The number of anilines is 2. The highest BCUT2D eigenvalue weighted by molar-refractivity contribution is 8.01. The van der Waals surface area contributed by atoms with Gasteiger partial charge >= 0.3 is 0 Å². The number of nitrogens with zero attached hydrogens (tertiary/aromatic N) is 1. The van der Waals surface area contributed by atoms with Crippen molar-refractivity contribution in [1.82, 2.24) is 4.90 Å². The van der Waals surface area contributed by atoms with Crippen LogP contribution in [0.2, 0.25) is 5.02 Å². The predicted molar refractivity (Wildman–Crippen MR) is 122 cm³/mol. The Bertz CT molecular complexity index is 1100. The Kier molecular flexibility index (Phi) is 6.45. The highest BCUT2D eigenvalue weighted by Gasteiger charge is 2.36. The lowest BCUT2D eigenvalue weighted by atomic mass is 10.2. The van der Waals surface area contributed by atoms with E-state index in [-0.39, 0.29) is 10.8 Å². The third kappa shape index (κ3) is 4.99. The van der Waals surface area contributed by atoms with Gasteiger partial charge in [0.05, 0.1) is 10.6 Å². The molecule has 0 aliphatic carbocycles. The third-order valence-electron chi connectivity index (χ3n) is 5.24. The number of sulfonamides is 1. The van der Waals surface area contributed by atoms with E-state index in [4.69, 9.17) is 11.6 Å². The van der Waals surface area contributed by atoms with Crippen molar-refractivity contribution >= 4 is 56.6 Å². The lowest BCUT2D eigenvalue weighted by Gasteiger charge is -2.28. The number of hydrogen-bond donors (Lipinski definition) is 2. The normalized spacial score (nSPS) is 19.2. The number of likely N-dealkylation sites (tertiary alicyclic amines) is 1. The van der Waals surface area contributed by atoms with Crippen LogP contribution in [0, 0.1) is 0 Å². The van der Waals surface area contributed by atoms with Gasteiger partial charge in [-0.25, -0.2) is 8.42 Å². The first-order chi connectivity index (χ1) is 14.8. The van der Waals surface area contributed by atoms with Crippen molar-refractivity contribution in [2.45, 2.75) is 40.7 Å². The molecule has 2 aromatic rings. The van der Waals surface area contributed by atoms with Crippen LogP contribution in [0.15, 0.2) is 52.3 Å². The molecule has 4 rings (SSSR count). The second kappa shape index (κ2) is 9.10. The van der Waals surface area contributed by atoms with Crippen LogP contribution in [0.4, 0.5) is 11.4 Å². The largest absolute Gasteiger partial charge is 0.341 e. The first kappa shape index (κ1) is 22.0. The van der Waals surface area contributed by atoms with Gasteiger partial charge in [0.15, 0.2) is 5.25 Å². The minimum absolute atomic E-state index is 0.0133. The summed E-state index contributed by atoms with van der Waals surface area (Å²) in [5, 5.41) is 2.35. The van der Waals surface area contributed by atoms with Crippen molar-refractivity contribution in [2.75, 3.05) is 23.1 Å². The van der Waals surface area contributed by atoms with Crippen molar-refractivity contribution in [3.8, 4) is 0 Å². The molecule has 0 radical (unpaired) electrons. The molecule has 10 heteroatoms. The molecule has 2 aromatic carbocycles. The summed E-state index contributed by atoms with van der Waals surface area (Å²) in [5.74, 6) is -0.608. The average Bonchev–Trinajstić information content (AvgIpc) is 3.03. The second-order valence-corrected chi connectivity index (χ2v) is 10.8. The highest BCUT2D eigenvalue weighted by Crippen LogP contribution is 2.38. The molecule has 164 valence electrons. The quantitative estimate of drug-likeness (QED) is 0.647. The first-order valence-electron chi connectivity index (χ1n) is 10.0. The fourth-order valence-corrected chi connectivity index (χ4v) is 5.87. The Balaban J connectivity index is 1.52. The van der Waals surface area contributed by atoms with Crippen LogP contribution in [-0.2, 0) is 19.6 Å². The van der Waals surface area contributed by atoms with Crippen LogP contribution in [0.25, 0.3) is 0 Å². The van der Waals surface area contributed by atoms with Gasteiger partial charge in [0.2, 0.25) is 11.8 Å². The predicted octanol–water partition coefficient (Wildman–Crippen LogP) is 3.96. The molecule has 2 N–H and O–H groups in total. The van der Waals surface area contributed by atoms with Crippen LogP contribution in [-0.4, -0.2) is 43.5 Å². The first-order valence-corrected chi connectivity index (χ1v) is 12.8. The van der Waals surface area contributed by atoms with Crippen LogP contribution >= 0.6 is 23.4 Å². The standard InChI is InChI=1S/C21H22ClN3O4S2/c22-14-5-7-15(8-6-14)24-31(28,29)16-9-10-18-17(13-16)23-20(26)19(30-18)21(27)25-11-3-1-2-4-12-25/h5-10,13,19,24H,1-4,11-12H2,(H,23,26)/t19-/m0/s1. The number of nitrogens with one attached hydrogen (secondary N) is 2. The van der Waals surface area contributed by atoms with Crippen LogP contribution in [0.1, 0.15) is 25.7 Å². The average molecular weight is 480 g/mol. The summed E-state index contributed by atoms with van der Waals surface area (Å²) in [6.07, 6.45) is 4.09. The molecule has 1 fully saturated rings. The zero-order valence-electron chi connectivity index (χ0n) is 16.6. The van der Waals surface area contributed by atoms with E-state index < -0.39 is 21.2 Å². The molecule has 1 saturated heterocycles. The molecule has 0 spiro atoms. The Hall–Kier alpha value is -2.23. The third-order valence-corrected chi connectivity index (χ3v) is 8.13. The van der Waals surface area contributed by atoms with Crippen molar-refractivity contribution in [3.05, 3.63) is 47.5 Å². The number of hydrogen-bond acceptors (Lipinski definition) is 5. The lowest BCUT2D eigenvalue weighted by molar-refractivity contribution is -0.133. The summed E-state index contributed by atoms with van der Waals surface area (Å²) in [7, 11) is -3.86. The van der Waals surface area contributed by atoms with Crippen molar-refractivity contribution < 1.29 is 18.0 Å². The van der Waals surface area contributed by atoms with Gasteiger partial charge in [-0.3, -0.25) is 14.3 Å². The van der Waals surface area contributed by atoms with Gasteiger partial charge in [-0.15, -0.1) is 11.8 Å². The van der Waals surface area contributed by atoms with Gasteiger partial charge in [-0.05, 0) is 55.3 Å². The van der Waals surface area contributed by atoms with Gasteiger partial charge in [0, 0.05) is 28.7 Å². The van der Waals surface area contributed by atoms with Gasteiger partial charge in [-0.2, -0.15) is 0 Å². The number of thioether (sulfide) groups is 1. The summed E-state index contributed by atoms with van der Waals surface area (Å²) in [5.41, 5.74) is 0.762. The van der Waals surface area contributed by atoms with Crippen molar-refractivity contribution in [3.63, 3.8) is 0 Å². The van der Waals surface area contributed by atoms with E-state index in [0.29, 0.717) is 34.4 Å². The number of carbonyl (C=O) groups excluding carboxylic acids is 2. The van der Waals surface area contributed by atoms with E-state index in [1.165, 1.54) is 23.9 Å². The second-order valence-electron chi connectivity index (χ2n) is 7.50. The minimum atomic E-state index is -3.86. The molecule has 1 atom stereocenters. The molecule has 2 amide bonds. The summed E-state index contributed by atoms with van der Waals surface area (Å²) in [4.78, 5) is 28.0. The fraction of sp³-hybridized carbons (Fsp3) is 0.333. The van der Waals surface area contributed by atoms with Gasteiger partial charge < -0.3 is 10.2 Å². The molecule has 0 unspecified atom stereocenters. The van der Waals surface area contributed by atoms with Crippen LogP contribution in [0.5, 0.6) is 0 Å². The molecule has 0 bridgehead atoms. The monoisotopic (exact) mass is 479 g/mol. The Labute approximate surface area is 190 Å². The Morgan fingerprint density at radius 1 is 1.06 bits per heavy atom. The zero-order valence-corrected chi connectivity index (χ0v) is 19.0. The maximum Gasteiger partial charge on any atom is 0.261 e. The summed E-state index contributed by atoms with van der Waals surface area (Å²) in [6, 6.07) is 10.8. The Morgan fingerprint density at radius 2 is 1.74 bits per heavy atom. The fourth-order valence-electron chi connectivity index (χ4n) is 3.61. The molecule has 31 heavy (non-hydrogen) atoms. The van der Waals surface area contributed by atoms with Gasteiger partial charge in [0.25, 0.3) is 10.0 Å². The van der Waals surface area contributed by atoms with Crippen molar-refractivity contribution in [1.29, 1.82) is 0 Å². The number of amides is 2. The van der Waals surface area contributed by atoms with E-state index >= 15 is 0 Å². The highest BCUT2D eigenvalue weighted by atomic mass is 35.5. The van der Waals surface area contributed by atoms with Crippen LogP contribution < -0.4 is 10.0 Å².